The summed E-state index contributed by atoms with van der Waals surface area (Å²) in [5.41, 5.74) is 1.99. The molecule has 2 aromatic rings. The molecule has 1 aromatic heterocycles. The first-order valence-corrected chi connectivity index (χ1v) is 10.0. The second kappa shape index (κ2) is 7.70. The predicted octanol–water partition coefficient (Wildman–Crippen LogP) is 4.23. The first-order valence-electron chi connectivity index (χ1n) is 10.0. The minimum absolute atomic E-state index is 0.167. The van der Waals surface area contributed by atoms with E-state index < -0.39 is 0 Å². The number of fused-ring (bicyclic) bond motifs is 1. The summed E-state index contributed by atoms with van der Waals surface area (Å²) >= 11 is 0. The summed E-state index contributed by atoms with van der Waals surface area (Å²) in [7, 11) is 0. The lowest BCUT2D eigenvalue weighted by Gasteiger charge is -2.14. The number of ether oxygens (including phenoxy) is 2. The molecular weight excluding hydrogens is 354 g/mol. The summed E-state index contributed by atoms with van der Waals surface area (Å²) in [6.45, 7) is 6.72. The van der Waals surface area contributed by atoms with Crippen LogP contribution in [0.2, 0.25) is 0 Å². The molecule has 4 rings (SSSR count). The third-order valence-electron chi connectivity index (χ3n) is 5.35. The Kier molecular flexibility index (Phi) is 5.11. The third kappa shape index (κ3) is 3.91. The van der Waals surface area contributed by atoms with Crippen LogP contribution in [0.5, 0.6) is 11.5 Å². The molecule has 1 N–H and O–H groups in total. The molecule has 1 amide bonds. The summed E-state index contributed by atoms with van der Waals surface area (Å²) in [5, 5.41) is 7.31. The number of nitrogens with one attached hydrogen (secondary N) is 1. The monoisotopic (exact) mass is 381 g/mol. The van der Waals surface area contributed by atoms with Crippen LogP contribution in [0.3, 0.4) is 0 Å². The number of rotatable bonds is 7. The van der Waals surface area contributed by atoms with Gasteiger partial charge in [0, 0.05) is 29.7 Å². The summed E-state index contributed by atoms with van der Waals surface area (Å²) < 4.78 is 13.5. The molecular formula is C22H27N3O3. The Balaban J connectivity index is 1.49. The van der Waals surface area contributed by atoms with E-state index in [4.69, 9.17) is 9.47 Å². The lowest BCUT2D eigenvalue weighted by molar-refractivity contribution is -0.111. The predicted molar refractivity (Wildman–Crippen MR) is 109 cm³/mol. The molecule has 2 heterocycles. The van der Waals surface area contributed by atoms with Crippen LogP contribution in [0, 0.1) is 5.92 Å². The molecule has 0 saturated heterocycles. The highest BCUT2D eigenvalue weighted by Crippen LogP contribution is 2.40. The van der Waals surface area contributed by atoms with Crippen LogP contribution in [0.15, 0.2) is 30.5 Å². The Hall–Kier alpha value is -2.76. The van der Waals surface area contributed by atoms with Gasteiger partial charge in [-0.2, -0.15) is 5.10 Å². The van der Waals surface area contributed by atoms with Gasteiger partial charge in [0.1, 0.15) is 23.4 Å². The van der Waals surface area contributed by atoms with Gasteiger partial charge < -0.3 is 14.8 Å². The van der Waals surface area contributed by atoms with E-state index in [0.717, 1.165) is 34.9 Å². The molecule has 1 saturated carbocycles. The fraction of sp³-hybridized carbons (Fsp3) is 0.455. The van der Waals surface area contributed by atoms with Crippen LogP contribution < -0.4 is 14.8 Å². The van der Waals surface area contributed by atoms with Crippen molar-refractivity contribution >= 4 is 17.8 Å². The van der Waals surface area contributed by atoms with Gasteiger partial charge in [0.05, 0.1) is 18.8 Å². The Bertz CT molecular complexity index is 898. The largest absolute Gasteiger partial charge is 0.493 e. The van der Waals surface area contributed by atoms with Crippen LogP contribution in [-0.4, -0.2) is 28.4 Å². The highest BCUT2D eigenvalue weighted by molar-refractivity contribution is 6.01. The fourth-order valence-corrected chi connectivity index (χ4v) is 3.72. The van der Waals surface area contributed by atoms with Crippen LogP contribution >= 0.6 is 0 Å². The van der Waals surface area contributed by atoms with Gasteiger partial charge in [-0.1, -0.05) is 0 Å². The zero-order valence-electron chi connectivity index (χ0n) is 16.6. The van der Waals surface area contributed by atoms with E-state index >= 15 is 0 Å². The quantitative estimate of drug-likeness (QED) is 0.729. The minimum Gasteiger partial charge on any atom is -0.493 e. The normalized spacial score (nSPS) is 19.3. The second-order valence-corrected chi connectivity index (χ2v) is 7.62. The van der Waals surface area contributed by atoms with Crippen molar-refractivity contribution in [1.82, 2.24) is 9.78 Å². The lowest BCUT2D eigenvalue weighted by Crippen LogP contribution is -2.16. The maximum atomic E-state index is 12.5. The van der Waals surface area contributed by atoms with Crippen molar-refractivity contribution in [3.8, 4) is 11.5 Å². The van der Waals surface area contributed by atoms with Gasteiger partial charge in [-0.3, -0.25) is 4.79 Å². The SMILES string of the molecule is CCOc1cc2c(cc1/C=C/C(=O)Nc1ccnn1C(C)C1CC1)OC(C)C2. The molecule has 0 bridgehead atoms. The van der Waals surface area contributed by atoms with Crippen LogP contribution in [0.25, 0.3) is 6.08 Å². The van der Waals surface area contributed by atoms with Crippen LogP contribution in [-0.2, 0) is 11.2 Å². The third-order valence-corrected chi connectivity index (χ3v) is 5.35. The van der Waals surface area contributed by atoms with Gasteiger partial charge in [-0.15, -0.1) is 0 Å². The molecule has 1 aliphatic carbocycles. The molecule has 2 atom stereocenters. The highest BCUT2D eigenvalue weighted by atomic mass is 16.5. The van der Waals surface area contributed by atoms with E-state index in [0.29, 0.717) is 18.6 Å². The molecule has 2 aliphatic rings. The van der Waals surface area contributed by atoms with Gasteiger partial charge in [0.15, 0.2) is 0 Å². The average Bonchev–Trinajstić information content (AvgIpc) is 3.31. The van der Waals surface area contributed by atoms with E-state index in [2.05, 4.69) is 24.3 Å². The summed E-state index contributed by atoms with van der Waals surface area (Å²) in [6.07, 6.45) is 8.54. The molecule has 28 heavy (non-hydrogen) atoms. The molecule has 6 heteroatoms. The maximum absolute atomic E-state index is 12.5. The summed E-state index contributed by atoms with van der Waals surface area (Å²) in [4.78, 5) is 12.5. The molecule has 1 aliphatic heterocycles. The van der Waals surface area contributed by atoms with Crippen LogP contribution in [0.4, 0.5) is 5.82 Å². The average molecular weight is 381 g/mol. The number of anilines is 1. The number of carbonyl (C=O) groups is 1. The van der Waals surface area contributed by atoms with Crippen molar-refractivity contribution < 1.29 is 14.3 Å². The van der Waals surface area contributed by atoms with Gasteiger partial charge >= 0.3 is 0 Å². The number of nitrogens with zero attached hydrogens (tertiary/aromatic N) is 2. The van der Waals surface area contributed by atoms with E-state index in [1.165, 1.54) is 18.9 Å². The molecule has 0 radical (unpaired) electrons. The zero-order valence-corrected chi connectivity index (χ0v) is 16.6. The number of amides is 1. The van der Waals surface area contributed by atoms with Crippen LogP contribution in [0.1, 0.15) is 50.8 Å². The molecule has 1 aromatic carbocycles. The van der Waals surface area contributed by atoms with E-state index in [9.17, 15) is 4.79 Å². The molecule has 2 unspecified atom stereocenters. The summed E-state index contributed by atoms with van der Waals surface area (Å²) in [6, 6.07) is 6.11. The van der Waals surface area contributed by atoms with Crippen molar-refractivity contribution in [2.45, 2.75) is 52.2 Å². The number of carbonyl (C=O) groups excluding carboxylic acids is 1. The minimum atomic E-state index is -0.193. The first kappa shape index (κ1) is 18.6. The van der Waals surface area contributed by atoms with Crippen molar-refractivity contribution in [2.24, 2.45) is 5.92 Å². The standard InChI is InChI=1S/C22H27N3O3/c1-4-27-19-13-18-11-14(2)28-20(18)12-17(19)7-8-22(26)24-21-9-10-23-25(21)15(3)16-5-6-16/h7-10,12-16H,4-6,11H2,1-3H3,(H,24,26)/b8-7+. The van der Waals surface area contributed by atoms with Gasteiger partial charge in [-0.05, 0) is 57.7 Å². The number of aromatic nitrogens is 2. The zero-order chi connectivity index (χ0) is 19.7. The number of hydrogen-bond donors (Lipinski definition) is 1. The molecule has 148 valence electrons. The topological polar surface area (TPSA) is 65.4 Å². The first-order chi connectivity index (χ1) is 13.5. The molecule has 0 spiro atoms. The van der Waals surface area contributed by atoms with Gasteiger partial charge in [0.25, 0.3) is 0 Å². The van der Waals surface area contributed by atoms with E-state index in [1.807, 2.05) is 29.8 Å². The van der Waals surface area contributed by atoms with Crippen molar-refractivity contribution in [2.75, 3.05) is 11.9 Å². The van der Waals surface area contributed by atoms with Crippen molar-refractivity contribution in [1.29, 1.82) is 0 Å². The van der Waals surface area contributed by atoms with Crippen molar-refractivity contribution in [3.05, 3.63) is 41.6 Å². The highest BCUT2D eigenvalue weighted by Gasteiger charge is 2.30. The maximum Gasteiger partial charge on any atom is 0.249 e. The Morgan fingerprint density at radius 2 is 2.29 bits per heavy atom. The van der Waals surface area contributed by atoms with E-state index in [-0.39, 0.29) is 12.0 Å². The van der Waals surface area contributed by atoms with Crippen molar-refractivity contribution in [3.63, 3.8) is 0 Å². The number of hydrogen-bond acceptors (Lipinski definition) is 4. The smallest absolute Gasteiger partial charge is 0.249 e. The Morgan fingerprint density at radius 1 is 1.46 bits per heavy atom. The van der Waals surface area contributed by atoms with Gasteiger partial charge in [-0.25, -0.2) is 4.68 Å². The second-order valence-electron chi connectivity index (χ2n) is 7.62. The van der Waals surface area contributed by atoms with Gasteiger partial charge in [0.2, 0.25) is 5.91 Å². The Morgan fingerprint density at radius 3 is 3.04 bits per heavy atom. The van der Waals surface area contributed by atoms with E-state index in [1.54, 1.807) is 12.3 Å². The lowest BCUT2D eigenvalue weighted by atomic mass is 10.1. The molecule has 1 fully saturated rings. The molecule has 6 nitrogen and oxygen atoms in total. The fourth-order valence-electron chi connectivity index (χ4n) is 3.72. The number of benzene rings is 1. The Labute approximate surface area is 165 Å². The summed E-state index contributed by atoms with van der Waals surface area (Å²) in [5.74, 6) is 2.84.